The van der Waals surface area contributed by atoms with E-state index in [1.165, 1.54) is 36.3 Å². The molecule has 0 saturated carbocycles. The lowest BCUT2D eigenvalue weighted by Crippen LogP contribution is -2.31. The van der Waals surface area contributed by atoms with Gasteiger partial charge in [-0.15, -0.1) is 0 Å². The monoisotopic (exact) mass is 374 g/mol. The van der Waals surface area contributed by atoms with Crippen LogP contribution in [0, 0.1) is 0 Å². The molecule has 0 N–H and O–H groups in total. The second-order valence-corrected chi connectivity index (χ2v) is 7.28. The predicted molar refractivity (Wildman–Crippen MR) is 104 cm³/mol. The number of hydrogen-bond donors (Lipinski definition) is 0. The fraction of sp³-hybridized carbons (Fsp3) is 0.619. The van der Waals surface area contributed by atoms with E-state index >= 15 is 0 Å². The molecule has 0 bridgehead atoms. The molecular formula is C21H30N2O4. The van der Waals surface area contributed by atoms with Gasteiger partial charge in [0.05, 0.1) is 13.1 Å². The van der Waals surface area contributed by atoms with E-state index in [2.05, 4.69) is 4.90 Å². The molecule has 6 heteroatoms. The first-order chi connectivity index (χ1) is 13.2. The van der Waals surface area contributed by atoms with Crippen molar-refractivity contribution >= 4 is 17.6 Å². The van der Waals surface area contributed by atoms with Crippen molar-refractivity contribution in [1.82, 2.24) is 4.90 Å². The zero-order chi connectivity index (χ0) is 19.1. The van der Waals surface area contributed by atoms with E-state index in [1.807, 2.05) is 31.2 Å². The number of carbonyl (C=O) groups excluding carboxylic acids is 2. The Morgan fingerprint density at radius 1 is 1.07 bits per heavy atom. The van der Waals surface area contributed by atoms with Crippen LogP contribution in [0.15, 0.2) is 24.3 Å². The minimum absolute atomic E-state index is 0.0401. The van der Waals surface area contributed by atoms with E-state index < -0.39 is 0 Å². The van der Waals surface area contributed by atoms with Crippen molar-refractivity contribution in [2.75, 3.05) is 44.3 Å². The summed E-state index contributed by atoms with van der Waals surface area (Å²) in [4.78, 5) is 27.8. The van der Waals surface area contributed by atoms with Crippen LogP contribution >= 0.6 is 0 Å². The Hall–Kier alpha value is -2.08. The first-order valence-corrected chi connectivity index (χ1v) is 10.1. The molecule has 27 heavy (non-hydrogen) atoms. The minimum atomic E-state index is -0.381. The summed E-state index contributed by atoms with van der Waals surface area (Å²) in [6.07, 6.45) is 5.33. The number of ketones is 1. The Kier molecular flexibility index (Phi) is 7.10. The standard InChI is InChI=1S/C17H22N2O3.C4H8O/c1-2-15-11-19(17(21)22-15)12-16(20)13-5-7-14(8-6-13)18-9-3-4-10-18;1-2-4-5-3-1/h5-8,15H,2-4,9-12H2,1H3;1-4H2. The van der Waals surface area contributed by atoms with E-state index in [1.54, 1.807) is 0 Å². The van der Waals surface area contributed by atoms with Crippen LogP contribution in [-0.2, 0) is 9.47 Å². The first kappa shape index (κ1) is 19.7. The van der Waals surface area contributed by atoms with Crippen LogP contribution in [0.5, 0.6) is 0 Å². The van der Waals surface area contributed by atoms with Crippen molar-refractivity contribution in [2.45, 2.75) is 45.1 Å². The van der Waals surface area contributed by atoms with Crippen molar-refractivity contribution in [2.24, 2.45) is 0 Å². The lowest BCUT2D eigenvalue weighted by atomic mass is 10.1. The number of rotatable bonds is 5. The normalized spacial score (nSPS) is 21.8. The second-order valence-electron chi connectivity index (χ2n) is 7.28. The SMILES string of the molecule is C1CCOC1.CCC1CN(CC(=O)c2ccc(N3CCCC3)cc2)C(=O)O1. The van der Waals surface area contributed by atoms with Gasteiger partial charge >= 0.3 is 6.09 Å². The van der Waals surface area contributed by atoms with Crippen LogP contribution in [0.4, 0.5) is 10.5 Å². The lowest BCUT2D eigenvalue weighted by Gasteiger charge is -2.18. The third-order valence-electron chi connectivity index (χ3n) is 5.23. The van der Waals surface area contributed by atoms with Crippen molar-refractivity contribution in [3.63, 3.8) is 0 Å². The van der Waals surface area contributed by atoms with Crippen LogP contribution in [0.2, 0.25) is 0 Å². The van der Waals surface area contributed by atoms with Gasteiger partial charge in [0.1, 0.15) is 6.10 Å². The predicted octanol–water partition coefficient (Wildman–Crippen LogP) is 3.50. The van der Waals surface area contributed by atoms with Gasteiger partial charge in [-0.1, -0.05) is 6.92 Å². The number of amides is 1. The van der Waals surface area contributed by atoms with Crippen LogP contribution in [0.25, 0.3) is 0 Å². The summed E-state index contributed by atoms with van der Waals surface area (Å²) in [5.74, 6) is -0.0401. The fourth-order valence-electron chi connectivity index (χ4n) is 3.52. The van der Waals surface area contributed by atoms with Gasteiger partial charge < -0.3 is 14.4 Å². The third kappa shape index (κ3) is 5.45. The number of cyclic esters (lactones) is 1. The Morgan fingerprint density at radius 3 is 2.26 bits per heavy atom. The van der Waals surface area contributed by atoms with Crippen molar-refractivity contribution < 1.29 is 19.1 Å². The summed E-state index contributed by atoms with van der Waals surface area (Å²) >= 11 is 0. The summed E-state index contributed by atoms with van der Waals surface area (Å²) in [7, 11) is 0. The topological polar surface area (TPSA) is 59.1 Å². The maximum absolute atomic E-state index is 12.3. The number of anilines is 1. The van der Waals surface area contributed by atoms with E-state index in [9.17, 15) is 9.59 Å². The van der Waals surface area contributed by atoms with Gasteiger partial charge in [0.2, 0.25) is 0 Å². The molecule has 1 atom stereocenters. The molecule has 6 nitrogen and oxygen atoms in total. The van der Waals surface area contributed by atoms with E-state index in [0.717, 1.165) is 32.7 Å². The molecule has 3 heterocycles. The van der Waals surface area contributed by atoms with Crippen LogP contribution in [0.1, 0.15) is 49.4 Å². The number of carbonyl (C=O) groups is 2. The number of Topliss-reactive ketones (excluding diaryl/α,β-unsaturated/α-hetero) is 1. The molecule has 0 radical (unpaired) electrons. The van der Waals surface area contributed by atoms with Crippen LogP contribution < -0.4 is 4.90 Å². The number of hydrogen-bond acceptors (Lipinski definition) is 5. The fourth-order valence-corrected chi connectivity index (χ4v) is 3.52. The van der Waals surface area contributed by atoms with Gasteiger partial charge in [-0.2, -0.15) is 0 Å². The molecule has 4 rings (SSSR count). The quantitative estimate of drug-likeness (QED) is 0.739. The van der Waals surface area contributed by atoms with Crippen molar-refractivity contribution in [1.29, 1.82) is 0 Å². The highest BCUT2D eigenvalue weighted by Crippen LogP contribution is 2.21. The smallest absolute Gasteiger partial charge is 0.410 e. The molecule has 1 aromatic rings. The maximum Gasteiger partial charge on any atom is 0.410 e. The number of ether oxygens (including phenoxy) is 2. The highest BCUT2D eigenvalue weighted by Gasteiger charge is 2.31. The van der Waals surface area contributed by atoms with Gasteiger partial charge in [-0.05, 0) is 56.4 Å². The molecule has 0 aliphatic carbocycles. The number of benzene rings is 1. The molecule has 3 aliphatic heterocycles. The molecule has 1 unspecified atom stereocenters. The van der Waals surface area contributed by atoms with Gasteiger partial charge in [0, 0.05) is 37.6 Å². The van der Waals surface area contributed by atoms with Gasteiger partial charge in [0.25, 0.3) is 0 Å². The lowest BCUT2D eigenvalue weighted by molar-refractivity contribution is 0.0941. The second kappa shape index (κ2) is 9.74. The number of nitrogens with zero attached hydrogens (tertiary/aromatic N) is 2. The molecule has 0 spiro atoms. The summed E-state index contributed by atoms with van der Waals surface area (Å²) in [6.45, 7) is 6.75. The van der Waals surface area contributed by atoms with E-state index in [-0.39, 0.29) is 24.5 Å². The highest BCUT2D eigenvalue weighted by atomic mass is 16.6. The van der Waals surface area contributed by atoms with Crippen molar-refractivity contribution in [3.05, 3.63) is 29.8 Å². The Bertz CT molecular complexity index is 614. The molecule has 0 aromatic heterocycles. The van der Waals surface area contributed by atoms with Gasteiger partial charge in [0.15, 0.2) is 5.78 Å². The third-order valence-corrected chi connectivity index (χ3v) is 5.23. The molecule has 1 aromatic carbocycles. The molecular weight excluding hydrogens is 344 g/mol. The molecule has 148 valence electrons. The molecule has 3 saturated heterocycles. The Balaban J connectivity index is 0.000000364. The van der Waals surface area contributed by atoms with Gasteiger partial charge in [-0.25, -0.2) is 4.79 Å². The Morgan fingerprint density at radius 2 is 1.74 bits per heavy atom. The van der Waals surface area contributed by atoms with Crippen molar-refractivity contribution in [3.8, 4) is 0 Å². The average molecular weight is 374 g/mol. The zero-order valence-electron chi connectivity index (χ0n) is 16.2. The maximum atomic E-state index is 12.3. The van der Waals surface area contributed by atoms with Crippen LogP contribution in [0.3, 0.4) is 0 Å². The average Bonchev–Trinajstić information content (AvgIpc) is 3.46. The van der Waals surface area contributed by atoms with E-state index in [4.69, 9.17) is 9.47 Å². The highest BCUT2D eigenvalue weighted by molar-refractivity contribution is 5.99. The Labute approximate surface area is 161 Å². The zero-order valence-corrected chi connectivity index (χ0v) is 16.2. The summed E-state index contributed by atoms with van der Waals surface area (Å²) < 4.78 is 10.1. The summed E-state index contributed by atoms with van der Waals surface area (Å²) in [6, 6.07) is 7.70. The molecule has 3 aliphatic rings. The largest absolute Gasteiger partial charge is 0.444 e. The summed E-state index contributed by atoms with van der Waals surface area (Å²) in [5.41, 5.74) is 1.82. The molecule has 3 fully saturated rings. The minimum Gasteiger partial charge on any atom is -0.444 e. The summed E-state index contributed by atoms with van der Waals surface area (Å²) in [5, 5.41) is 0. The first-order valence-electron chi connectivity index (χ1n) is 10.1. The van der Waals surface area contributed by atoms with Gasteiger partial charge in [-0.3, -0.25) is 9.69 Å². The molecule has 1 amide bonds. The van der Waals surface area contributed by atoms with Crippen LogP contribution in [-0.4, -0.2) is 62.3 Å². The van der Waals surface area contributed by atoms with E-state index in [0.29, 0.717) is 12.1 Å².